The Hall–Kier alpha value is -0.760. The molecule has 1 saturated carbocycles. The molecule has 0 spiro atoms. The van der Waals surface area contributed by atoms with Crippen LogP contribution in [0.3, 0.4) is 0 Å². The molecule has 2 heteroatoms. The van der Waals surface area contributed by atoms with Crippen molar-refractivity contribution in [2.24, 2.45) is 17.6 Å². The van der Waals surface area contributed by atoms with Gasteiger partial charge in [0.1, 0.15) is 0 Å². The number of furan rings is 1. The SMILES string of the molecule is CC1CCC(CN)C(c2ccoc2)C1. The second kappa shape index (κ2) is 4.18. The van der Waals surface area contributed by atoms with Crippen molar-refractivity contribution in [3.63, 3.8) is 0 Å². The van der Waals surface area contributed by atoms with Gasteiger partial charge in [0.25, 0.3) is 0 Å². The lowest BCUT2D eigenvalue weighted by Crippen LogP contribution is -2.27. The quantitative estimate of drug-likeness (QED) is 0.784. The molecule has 0 aliphatic heterocycles. The van der Waals surface area contributed by atoms with Crippen molar-refractivity contribution in [1.29, 1.82) is 0 Å². The highest BCUT2D eigenvalue weighted by atomic mass is 16.3. The Morgan fingerprint density at radius 3 is 3.00 bits per heavy atom. The maximum absolute atomic E-state index is 5.81. The van der Waals surface area contributed by atoms with E-state index in [1.54, 1.807) is 6.26 Å². The zero-order chi connectivity index (χ0) is 9.97. The van der Waals surface area contributed by atoms with Gasteiger partial charge in [-0.15, -0.1) is 0 Å². The first-order valence-electron chi connectivity index (χ1n) is 5.53. The van der Waals surface area contributed by atoms with Crippen LogP contribution in [0.5, 0.6) is 0 Å². The fourth-order valence-electron chi connectivity index (χ4n) is 2.62. The van der Waals surface area contributed by atoms with Crippen molar-refractivity contribution in [2.75, 3.05) is 6.54 Å². The summed E-state index contributed by atoms with van der Waals surface area (Å²) in [5.41, 5.74) is 7.15. The Morgan fingerprint density at radius 2 is 2.36 bits per heavy atom. The van der Waals surface area contributed by atoms with Crippen molar-refractivity contribution in [3.05, 3.63) is 24.2 Å². The van der Waals surface area contributed by atoms with E-state index in [0.717, 1.165) is 12.5 Å². The highest BCUT2D eigenvalue weighted by molar-refractivity contribution is 5.15. The van der Waals surface area contributed by atoms with E-state index in [1.165, 1.54) is 24.8 Å². The third kappa shape index (κ3) is 1.85. The molecule has 3 unspecified atom stereocenters. The van der Waals surface area contributed by atoms with Gasteiger partial charge in [0.05, 0.1) is 12.5 Å². The van der Waals surface area contributed by atoms with Crippen molar-refractivity contribution >= 4 is 0 Å². The van der Waals surface area contributed by atoms with Crippen LogP contribution in [0, 0.1) is 11.8 Å². The van der Waals surface area contributed by atoms with E-state index in [0.29, 0.717) is 11.8 Å². The van der Waals surface area contributed by atoms with Crippen LogP contribution in [0.4, 0.5) is 0 Å². The summed E-state index contributed by atoms with van der Waals surface area (Å²) < 4.78 is 5.15. The molecule has 1 fully saturated rings. The standard InChI is InChI=1S/C12H19NO/c1-9-2-3-10(7-13)12(6-9)11-4-5-14-8-11/h4-5,8-10,12H,2-3,6-7,13H2,1H3. The Balaban J connectivity index is 2.13. The molecule has 1 aliphatic carbocycles. The second-order valence-electron chi connectivity index (χ2n) is 4.58. The summed E-state index contributed by atoms with van der Waals surface area (Å²) in [6.45, 7) is 3.14. The van der Waals surface area contributed by atoms with Gasteiger partial charge in [0.2, 0.25) is 0 Å². The maximum Gasteiger partial charge on any atom is 0.0937 e. The van der Waals surface area contributed by atoms with E-state index in [1.807, 2.05) is 6.26 Å². The molecule has 1 heterocycles. The summed E-state index contributed by atoms with van der Waals surface area (Å²) in [6.07, 6.45) is 7.51. The topological polar surface area (TPSA) is 39.2 Å². The van der Waals surface area contributed by atoms with E-state index >= 15 is 0 Å². The minimum Gasteiger partial charge on any atom is -0.472 e. The van der Waals surface area contributed by atoms with Crippen molar-refractivity contribution in [2.45, 2.75) is 32.1 Å². The first kappa shape index (κ1) is 9.78. The van der Waals surface area contributed by atoms with Crippen LogP contribution in [0.15, 0.2) is 23.0 Å². The molecule has 1 aromatic rings. The largest absolute Gasteiger partial charge is 0.472 e. The molecule has 3 atom stereocenters. The van der Waals surface area contributed by atoms with Crippen LogP contribution in [0.1, 0.15) is 37.7 Å². The van der Waals surface area contributed by atoms with Crippen molar-refractivity contribution in [1.82, 2.24) is 0 Å². The summed E-state index contributed by atoms with van der Waals surface area (Å²) >= 11 is 0. The molecule has 2 nitrogen and oxygen atoms in total. The van der Waals surface area contributed by atoms with Gasteiger partial charge in [0.15, 0.2) is 0 Å². The Labute approximate surface area is 85.5 Å². The molecular formula is C12H19NO. The van der Waals surface area contributed by atoms with E-state index in [4.69, 9.17) is 10.2 Å². The zero-order valence-corrected chi connectivity index (χ0v) is 8.78. The molecule has 0 saturated heterocycles. The number of rotatable bonds is 2. The van der Waals surface area contributed by atoms with Crippen molar-refractivity contribution < 1.29 is 4.42 Å². The van der Waals surface area contributed by atoms with Crippen molar-refractivity contribution in [3.8, 4) is 0 Å². The zero-order valence-electron chi connectivity index (χ0n) is 8.78. The summed E-state index contributed by atoms with van der Waals surface area (Å²) in [6, 6.07) is 2.09. The highest BCUT2D eigenvalue weighted by Gasteiger charge is 2.29. The minimum absolute atomic E-state index is 0.627. The van der Waals surface area contributed by atoms with Gasteiger partial charge < -0.3 is 10.2 Å². The molecule has 0 amide bonds. The third-order valence-electron chi connectivity index (χ3n) is 3.53. The monoisotopic (exact) mass is 193 g/mol. The highest BCUT2D eigenvalue weighted by Crippen LogP contribution is 2.39. The molecule has 2 N–H and O–H groups in total. The predicted molar refractivity (Wildman–Crippen MR) is 57.0 cm³/mol. The van der Waals surface area contributed by atoms with Crippen LogP contribution in [-0.4, -0.2) is 6.54 Å². The summed E-state index contributed by atoms with van der Waals surface area (Å²) in [4.78, 5) is 0. The first-order valence-corrected chi connectivity index (χ1v) is 5.53. The molecule has 1 aliphatic rings. The number of hydrogen-bond acceptors (Lipinski definition) is 2. The van der Waals surface area contributed by atoms with Crippen LogP contribution in [0.2, 0.25) is 0 Å². The molecule has 78 valence electrons. The summed E-state index contributed by atoms with van der Waals surface area (Å²) in [7, 11) is 0. The van der Waals surface area contributed by atoms with Gasteiger partial charge >= 0.3 is 0 Å². The molecule has 0 bridgehead atoms. The normalized spacial score (nSPS) is 33.1. The van der Waals surface area contributed by atoms with Gasteiger partial charge in [-0.25, -0.2) is 0 Å². The Bertz CT molecular complexity index is 268. The third-order valence-corrected chi connectivity index (χ3v) is 3.53. The molecule has 1 aromatic heterocycles. The van der Waals surface area contributed by atoms with Gasteiger partial charge in [-0.1, -0.05) is 13.3 Å². The van der Waals surface area contributed by atoms with Gasteiger partial charge in [-0.2, -0.15) is 0 Å². The molecule has 0 aromatic carbocycles. The summed E-state index contributed by atoms with van der Waals surface area (Å²) in [5.74, 6) is 2.11. The van der Waals surface area contributed by atoms with Gasteiger partial charge in [-0.05, 0) is 48.8 Å². The molecule has 2 rings (SSSR count). The first-order chi connectivity index (χ1) is 6.81. The lowest BCUT2D eigenvalue weighted by molar-refractivity contribution is 0.253. The smallest absolute Gasteiger partial charge is 0.0937 e. The molecule has 0 radical (unpaired) electrons. The van der Waals surface area contributed by atoms with E-state index in [2.05, 4.69) is 13.0 Å². The number of nitrogens with two attached hydrogens (primary N) is 1. The fourth-order valence-corrected chi connectivity index (χ4v) is 2.62. The fraction of sp³-hybridized carbons (Fsp3) is 0.667. The minimum atomic E-state index is 0.627. The lowest BCUT2D eigenvalue weighted by Gasteiger charge is -2.33. The van der Waals surface area contributed by atoms with E-state index in [9.17, 15) is 0 Å². The molecule has 14 heavy (non-hydrogen) atoms. The van der Waals surface area contributed by atoms with Crippen LogP contribution in [-0.2, 0) is 0 Å². The average molecular weight is 193 g/mol. The Kier molecular flexibility index (Phi) is 2.92. The molecular weight excluding hydrogens is 174 g/mol. The average Bonchev–Trinajstić information content (AvgIpc) is 2.70. The van der Waals surface area contributed by atoms with Gasteiger partial charge in [-0.3, -0.25) is 0 Å². The number of hydrogen-bond donors (Lipinski definition) is 1. The summed E-state index contributed by atoms with van der Waals surface area (Å²) in [5, 5.41) is 0. The van der Waals surface area contributed by atoms with Crippen LogP contribution < -0.4 is 5.73 Å². The maximum atomic E-state index is 5.81. The van der Waals surface area contributed by atoms with Crippen LogP contribution >= 0.6 is 0 Å². The van der Waals surface area contributed by atoms with E-state index in [-0.39, 0.29) is 0 Å². The predicted octanol–water partition coefficient (Wildman–Crippen LogP) is 2.76. The lowest BCUT2D eigenvalue weighted by atomic mass is 9.72. The van der Waals surface area contributed by atoms with E-state index < -0.39 is 0 Å². The second-order valence-corrected chi connectivity index (χ2v) is 4.58. The Morgan fingerprint density at radius 1 is 1.50 bits per heavy atom. The van der Waals surface area contributed by atoms with Gasteiger partial charge in [0, 0.05) is 0 Å². The van der Waals surface area contributed by atoms with Crippen LogP contribution in [0.25, 0.3) is 0 Å².